The molecule has 1 aromatic rings. The van der Waals surface area contributed by atoms with Crippen molar-refractivity contribution < 1.29 is 17.9 Å². The molecule has 0 bridgehead atoms. The van der Waals surface area contributed by atoms with Crippen molar-refractivity contribution in [3.63, 3.8) is 0 Å². The highest BCUT2D eigenvalue weighted by molar-refractivity contribution is 5.78. The zero-order chi connectivity index (χ0) is 18.5. The summed E-state index contributed by atoms with van der Waals surface area (Å²) in [5.74, 6) is 0.265. The number of nitrogens with zero attached hydrogens (tertiary/aromatic N) is 1. The maximum atomic E-state index is 13.1. The van der Waals surface area contributed by atoms with Gasteiger partial charge in [-0.2, -0.15) is 13.2 Å². The first-order valence-corrected chi connectivity index (χ1v) is 8.17. The first kappa shape index (κ1) is 19.3. The topological polar surface area (TPSA) is 59.6 Å². The Bertz CT molecular complexity index is 635. The summed E-state index contributed by atoms with van der Waals surface area (Å²) in [6.45, 7) is 7.44. The molecule has 1 aliphatic heterocycles. The number of aliphatic imine (C=N–C) groups is 1. The fourth-order valence-electron chi connectivity index (χ4n) is 2.86. The van der Waals surface area contributed by atoms with Gasteiger partial charge in [-0.25, -0.2) is 0 Å². The van der Waals surface area contributed by atoms with Crippen molar-refractivity contribution in [1.29, 1.82) is 0 Å². The van der Waals surface area contributed by atoms with Gasteiger partial charge in [-0.05, 0) is 31.4 Å². The number of nitrogens with two attached hydrogens (primary N) is 1. The van der Waals surface area contributed by atoms with Crippen molar-refractivity contribution in [3.8, 4) is 0 Å². The lowest BCUT2D eigenvalue weighted by atomic mass is 9.74. The molecule has 0 aromatic heterocycles. The van der Waals surface area contributed by atoms with E-state index < -0.39 is 17.2 Å². The van der Waals surface area contributed by atoms with Gasteiger partial charge in [-0.1, -0.05) is 30.4 Å². The predicted octanol–water partition coefficient (Wildman–Crippen LogP) is 3.23. The van der Waals surface area contributed by atoms with Crippen LogP contribution < -0.4 is 11.1 Å². The van der Waals surface area contributed by atoms with Crippen LogP contribution in [-0.2, 0) is 16.3 Å². The molecule has 7 heteroatoms. The van der Waals surface area contributed by atoms with Crippen LogP contribution in [-0.4, -0.2) is 32.3 Å². The first-order valence-electron chi connectivity index (χ1n) is 8.17. The molecule has 4 nitrogen and oxygen atoms in total. The lowest BCUT2D eigenvalue weighted by Crippen LogP contribution is -2.39. The highest BCUT2D eigenvalue weighted by atomic mass is 19.4. The van der Waals surface area contributed by atoms with Gasteiger partial charge in [0.05, 0.1) is 12.1 Å². The molecule has 138 valence electrons. The maximum Gasteiger partial charge on any atom is 0.416 e. The minimum atomic E-state index is -4.37. The monoisotopic (exact) mass is 355 g/mol. The number of ether oxygens (including phenoxy) is 1. The first-order chi connectivity index (χ1) is 11.7. The third-order valence-electron chi connectivity index (χ3n) is 4.38. The van der Waals surface area contributed by atoms with Gasteiger partial charge in [-0.3, -0.25) is 4.99 Å². The fraction of sp³-hybridized carbons (Fsp3) is 0.500. The van der Waals surface area contributed by atoms with Crippen LogP contribution in [0.25, 0.3) is 0 Å². The number of nitrogens with one attached hydrogen (secondary N) is 1. The number of rotatable bonds is 5. The molecule has 3 N–H and O–H groups in total. The smallest absolute Gasteiger partial charge is 0.381 e. The number of hydrogen-bond donors (Lipinski definition) is 2. The Morgan fingerprint density at radius 2 is 2.04 bits per heavy atom. The highest BCUT2D eigenvalue weighted by Gasteiger charge is 2.37. The van der Waals surface area contributed by atoms with E-state index in [9.17, 15) is 13.2 Å². The Balaban J connectivity index is 2.26. The number of hydrogen-bond acceptors (Lipinski definition) is 2. The van der Waals surface area contributed by atoms with E-state index >= 15 is 0 Å². The van der Waals surface area contributed by atoms with E-state index in [0.717, 1.165) is 11.6 Å². The van der Waals surface area contributed by atoms with Gasteiger partial charge >= 0.3 is 6.18 Å². The summed E-state index contributed by atoms with van der Waals surface area (Å²) < 4.78 is 44.6. The molecule has 0 unspecified atom stereocenters. The predicted molar refractivity (Wildman–Crippen MR) is 92.5 cm³/mol. The fourth-order valence-corrected chi connectivity index (χ4v) is 2.86. The number of alkyl halides is 3. The Morgan fingerprint density at radius 3 is 2.64 bits per heavy atom. The minimum absolute atomic E-state index is 0.265. The van der Waals surface area contributed by atoms with E-state index in [4.69, 9.17) is 10.5 Å². The van der Waals surface area contributed by atoms with Gasteiger partial charge < -0.3 is 15.8 Å². The van der Waals surface area contributed by atoms with Crippen LogP contribution in [0.1, 0.15) is 30.9 Å². The second kappa shape index (κ2) is 7.91. The minimum Gasteiger partial charge on any atom is -0.381 e. The molecule has 2 rings (SSSR count). The number of halogens is 3. The summed E-state index contributed by atoms with van der Waals surface area (Å²) in [5, 5.41) is 2.94. The quantitative estimate of drug-likeness (QED) is 0.484. The molecule has 1 aromatic carbocycles. The summed E-state index contributed by atoms with van der Waals surface area (Å²) in [7, 11) is 0. The van der Waals surface area contributed by atoms with Crippen LogP contribution >= 0.6 is 0 Å². The zero-order valence-corrected chi connectivity index (χ0v) is 14.3. The molecule has 1 aliphatic rings. The van der Waals surface area contributed by atoms with Crippen molar-refractivity contribution in [2.24, 2.45) is 10.7 Å². The van der Waals surface area contributed by atoms with Gasteiger partial charge in [-0.15, -0.1) is 0 Å². The normalized spacial score (nSPS) is 18.0. The second-order valence-electron chi connectivity index (χ2n) is 6.48. The van der Waals surface area contributed by atoms with Gasteiger partial charge in [0.15, 0.2) is 5.96 Å². The van der Waals surface area contributed by atoms with Crippen molar-refractivity contribution in [2.75, 3.05) is 26.3 Å². The molecule has 0 radical (unpaired) electrons. The molecule has 0 amide bonds. The standard InChI is InChI=1S/C18H24F3N3O/c1-13(2)11-23-16(22)24-12-17(6-8-25-9-7-17)14-4-3-5-15(10-14)18(19,20)21/h3-5,10H,1,6-9,11-12H2,2H3,(H3,22,23,24). The average Bonchev–Trinajstić information content (AvgIpc) is 2.58. The molecule has 0 saturated carbocycles. The maximum absolute atomic E-state index is 13.1. The molecule has 1 heterocycles. The summed E-state index contributed by atoms with van der Waals surface area (Å²) >= 11 is 0. The molecule has 1 fully saturated rings. The number of benzene rings is 1. The highest BCUT2D eigenvalue weighted by Crippen LogP contribution is 2.38. The summed E-state index contributed by atoms with van der Waals surface area (Å²) in [6.07, 6.45) is -3.16. The van der Waals surface area contributed by atoms with E-state index in [2.05, 4.69) is 16.9 Å². The van der Waals surface area contributed by atoms with Gasteiger partial charge in [0.25, 0.3) is 0 Å². The summed E-state index contributed by atoms with van der Waals surface area (Å²) in [4.78, 5) is 4.37. The van der Waals surface area contributed by atoms with Crippen molar-refractivity contribution in [1.82, 2.24) is 5.32 Å². The van der Waals surface area contributed by atoms with Gasteiger partial charge in [0.2, 0.25) is 0 Å². The lowest BCUT2D eigenvalue weighted by Gasteiger charge is -2.37. The Morgan fingerprint density at radius 1 is 1.36 bits per heavy atom. The van der Waals surface area contributed by atoms with E-state index in [1.165, 1.54) is 12.1 Å². The van der Waals surface area contributed by atoms with E-state index in [0.29, 0.717) is 44.7 Å². The van der Waals surface area contributed by atoms with Crippen molar-refractivity contribution in [2.45, 2.75) is 31.4 Å². The van der Waals surface area contributed by atoms with E-state index in [-0.39, 0.29) is 5.96 Å². The van der Waals surface area contributed by atoms with Gasteiger partial charge in [0, 0.05) is 25.2 Å². The van der Waals surface area contributed by atoms with Crippen LogP contribution in [0, 0.1) is 0 Å². The van der Waals surface area contributed by atoms with E-state index in [1.54, 1.807) is 6.07 Å². The lowest BCUT2D eigenvalue weighted by molar-refractivity contribution is -0.137. The van der Waals surface area contributed by atoms with Crippen LogP contribution in [0.15, 0.2) is 41.4 Å². The molecule has 0 atom stereocenters. The molecule has 1 saturated heterocycles. The molecular formula is C18H24F3N3O. The van der Waals surface area contributed by atoms with Crippen LogP contribution in [0.2, 0.25) is 0 Å². The Hall–Kier alpha value is -2.02. The van der Waals surface area contributed by atoms with Crippen LogP contribution in [0.4, 0.5) is 13.2 Å². The van der Waals surface area contributed by atoms with E-state index in [1.807, 2.05) is 6.92 Å². The summed E-state index contributed by atoms with van der Waals surface area (Å²) in [5.41, 5.74) is 6.25. The number of guanidine groups is 1. The Labute approximate surface area is 146 Å². The average molecular weight is 355 g/mol. The van der Waals surface area contributed by atoms with Crippen molar-refractivity contribution >= 4 is 5.96 Å². The second-order valence-corrected chi connectivity index (χ2v) is 6.48. The van der Waals surface area contributed by atoms with Crippen molar-refractivity contribution in [3.05, 3.63) is 47.5 Å². The third-order valence-corrected chi connectivity index (χ3v) is 4.38. The molecule has 0 aliphatic carbocycles. The molecular weight excluding hydrogens is 331 g/mol. The van der Waals surface area contributed by atoms with Gasteiger partial charge in [0.1, 0.15) is 0 Å². The SMILES string of the molecule is C=C(C)CNC(N)=NCC1(c2cccc(C(F)(F)F)c2)CCOCC1. The molecule has 25 heavy (non-hydrogen) atoms. The Kier molecular flexibility index (Phi) is 6.11. The van der Waals surface area contributed by atoms with Crippen LogP contribution in [0.3, 0.4) is 0 Å². The molecule has 0 spiro atoms. The van der Waals surface area contributed by atoms with Crippen LogP contribution in [0.5, 0.6) is 0 Å². The largest absolute Gasteiger partial charge is 0.416 e. The zero-order valence-electron chi connectivity index (χ0n) is 14.3. The summed E-state index contributed by atoms with van der Waals surface area (Å²) in [6, 6.07) is 5.48. The third kappa shape index (κ3) is 5.22.